The van der Waals surface area contributed by atoms with Crippen LogP contribution in [-0.4, -0.2) is 39.5 Å². The van der Waals surface area contributed by atoms with E-state index < -0.39 is 5.54 Å². The summed E-state index contributed by atoms with van der Waals surface area (Å²) in [6.45, 7) is 9.72. The Balaban J connectivity index is 1.90. The van der Waals surface area contributed by atoms with E-state index in [2.05, 4.69) is 15.4 Å². The highest BCUT2D eigenvalue weighted by Crippen LogP contribution is 2.34. The minimum absolute atomic E-state index is 0.0982. The number of hydrogen-bond acceptors (Lipinski definition) is 5. The molecule has 1 aromatic carbocycles. The number of rotatable bonds is 3. The molecule has 8 heteroatoms. The average molecular weight is 396 g/mol. The zero-order valence-electron chi connectivity index (χ0n) is 17.8. The molecule has 3 rings (SSSR count). The third kappa shape index (κ3) is 4.01. The van der Waals surface area contributed by atoms with Crippen LogP contribution in [0.3, 0.4) is 0 Å². The van der Waals surface area contributed by atoms with Crippen molar-refractivity contribution in [1.82, 2.24) is 14.7 Å². The number of carbonyl (C=O) groups is 2. The first kappa shape index (κ1) is 20.6. The van der Waals surface area contributed by atoms with Gasteiger partial charge in [-0.1, -0.05) is 12.1 Å². The Kier molecular flexibility index (Phi) is 4.98. The van der Waals surface area contributed by atoms with E-state index in [1.165, 1.54) is 4.90 Å². The van der Waals surface area contributed by atoms with Gasteiger partial charge in [-0.2, -0.15) is 5.10 Å². The summed E-state index contributed by atoms with van der Waals surface area (Å²) in [6, 6.07) is 9.12. The Morgan fingerprint density at radius 2 is 1.97 bits per heavy atom. The molecule has 8 nitrogen and oxygen atoms in total. The van der Waals surface area contributed by atoms with E-state index in [1.54, 1.807) is 23.9 Å². The molecule has 0 bridgehead atoms. The van der Waals surface area contributed by atoms with Gasteiger partial charge in [0.2, 0.25) is 5.91 Å². The van der Waals surface area contributed by atoms with Gasteiger partial charge in [-0.05, 0) is 58.4 Å². The van der Waals surface area contributed by atoms with Gasteiger partial charge in [0.1, 0.15) is 5.69 Å². The van der Waals surface area contributed by atoms with Gasteiger partial charge in [0, 0.05) is 12.7 Å². The summed E-state index contributed by atoms with van der Waals surface area (Å²) in [4.78, 5) is 31.1. The molecule has 3 N–H and O–H groups in total. The molecular formula is C21H28N6O2. The number of nitrogens with zero attached hydrogens (tertiary/aromatic N) is 4. The molecule has 0 saturated carbocycles. The molecule has 1 atom stereocenters. The Morgan fingerprint density at radius 3 is 2.59 bits per heavy atom. The second kappa shape index (κ2) is 7.02. The summed E-state index contributed by atoms with van der Waals surface area (Å²) in [6.07, 6.45) is 0.206. The van der Waals surface area contributed by atoms with Gasteiger partial charge >= 0.3 is 0 Å². The van der Waals surface area contributed by atoms with E-state index in [-0.39, 0.29) is 29.7 Å². The third-order valence-corrected chi connectivity index (χ3v) is 5.02. The summed E-state index contributed by atoms with van der Waals surface area (Å²) in [5.74, 6) is -0.160. The molecule has 1 unspecified atom stereocenters. The predicted octanol–water partition coefficient (Wildman–Crippen LogP) is 2.59. The molecule has 29 heavy (non-hydrogen) atoms. The Hall–Kier alpha value is -3.16. The number of amides is 2. The van der Waals surface area contributed by atoms with Crippen LogP contribution in [0.4, 0.5) is 5.69 Å². The van der Waals surface area contributed by atoms with E-state index in [1.807, 2.05) is 52.8 Å². The normalized spacial score (nSPS) is 19.9. The molecule has 1 aliphatic rings. The van der Waals surface area contributed by atoms with Crippen LogP contribution in [0.1, 0.15) is 55.9 Å². The van der Waals surface area contributed by atoms with Gasteiger partial charge in [-0.15, -0.1) is 0 Å². The Morgan fingerprint density at radius 1 is 1.28 bits per heavy atom. The number of aromatic nitrogens is 2. The number of hydrogen-bond donors (Lipinski definition) is 2. The standard InChI is InChI=1S/C21H28N6O2/c1-13-10-16(27(25-13)20(2,3)4)18(29)23-15-9-7-8-14(11-15)21(5)12-17(28)26(6)19(22)24-21/h7-11H,12H2,1-6H3,(H2,22,24)(H,23,29). The summed E-state index contributed by atoms with van der Waals surface area (Å²) in [5, 5.41) is 7.39. The zero-order valence-corrected chi connectivity index (χ0v) is 17.8. The fourth-order valence-electron chi connectivity index (χ4n) is 3.37. The monoisotopic (exact) mass is 396 g/mol. The van der Waals surface area contributed by atoms with E-state index in [0.29, 0.717) is 11.4 Å². The first-order chi connectivity index (χ1) is 13.4. The number of aryl methyl sites for hydroxylation is 1. The van der Waals surface area contributed by atoms with Crippen molar-refractivity contribution in [3.63, 3.8) is 0 Å². The third-order valence-electron chi connectivity index (χ3n) is 5.02. The summed E-state index contributed by atoms with van der Waals surface area (Å²) in [7, 11) is 1.61. The van der Waals surface area contributed by atoms with E-state index in [0.717, 1.165) is 11.3 Å². The van der Waals surface area contributed by atoms with Crippen molar-refractivity contribution in [2.45, 2.75) is 52.1 Å². The smallest absolute Gasteiger partial charge is 0.273 e. The minimum Gasteiger partial charge on any atom is -0.369 e. The number of aliphatic imine (C=N–C) groups is 1. The van der Waals surface area contributed by atoms with Gasteiger partial charge in [0.05, 0.1) is 23.2 Å². The number of benzene rings is 1. The number of guanidine groups is 1. The van der Waals surface area contributed by atoms with Crippen LogP contribution < -0.4 is 11.1 Å². The lowest BCUT2D eigenvalue weighted by atomic mass is 9.87. The van der Waals surface area contributed by atoms with Gasteiger partial charge < -0.3 is 11.1 Å². The topological polar surface area (TPSA) is 106 Å². The van der Waals surface area contributed by atoms with Gasteiger partial charge in [-0.25, -0.2) is 4.99 Å². The Labute approximate surface area is 170 Å². The maximum Gasteiger partial charge on any atom is 0.273 e. The van der Waals surface area contributed by atoms with Crippen LogP contribution in [0, 0.1) is 6.92 Å². The molecular weight excluding hydrogens is 368 g/mol. The highest BCUT2D eigenvalue weighted by molar-refractivity contribution is 6.03. The number of carbonyl (C=O) groups excluding carboxylic acids is 2. The molecule has 0 fully saturated rings. The second-order valence-electron chi connectivity index (χ2n) is 8.66. The molecule has 0 radical (unpaired) electrons. The molecule has 0 spiro atoms. The second-order valence-corrected chi connectivity index (χ2v) is 8.66. The molecule has 0 aliphatic carbocycles. The van der Waals surface area contributed by atoms with Crippen LogP contribution in [0.15, 0.2) is 35.3 Å². The van der Waals surface area contributed by atoms with Gasteiger partial charge in [0.15, 0.2) is 5.96 Å². The number of anilines is 1. The lowest BCUT2D eigenvalue weighted by molar-refractivity contribution is -0.128. The van der Waals surface area contributed by atoms with Crippen LogP contribution >= 0.6 is 0 Å². The Bertz CT molecular complexity index is 1000. The molecule has 0 saturated heterocycles. The van der Waals surface area contributed by atoms with Crippen molar-refractivity contribution in [2.24, 2.45) is 10.7 Å². The van der Waals surface area contributed by atoms with Crippen molar-refractivity contribution in [3.05, 3.63) is 47.3 Å². The van der Waals surface area contributed by atoms with E-state index in [4.69, 9.17) is 5.73 Å². The van der Waals surface area contributed by atoms with E-state index >= 15 is 0 Å². The minimum atomic E-state index is -0.780. The van der Waals surface area contributed by atoms with Gasteiger partial charge in [-0.3, -0.25) is 19.2 Å². The van der Waals surface area contributed by atoms with Crippen molar-refractivity contribution in [3.8, 4) is 0 Å². The van der Waals surface area contributed by atoms with Crippen LogP contribution in [0.25, 0.3) is 0 Å². The van der Waals surface area contributed by atoms with Crippen LogP contribution in [0.2, 0.25) is 0 Å². The quantitative estimate of drug-likeness (QED) is 0.832. The summed E-state index contributed by atoms with van der Waals surface area (Å²) >= 11 is 0. The van der Waals surface area contributed by atoms with Crippen LogP contribution in [0.5, 0.6) is 0 Å². The number of nitrogens with two attached hydrogens (primary N) is 1. The largest absolute Gasteiger partial charge is 0.369 e. The average Bonchev–Trinajstić information content (AvgIpc) is 3.02. The first-order valence-corrected chi connectivity index (χ1v) is 9.52. The lowest BCUT2D eigenvalue weighted by Crippen LogP contribution is -2.47. The molecule has 1 aromatic heterocycles. The maximum absolute atomic E-state index is 12.9. The van der Waals surface area contributed by atoms with Gasteiger partial charge in [0.25, 0.3) is 5.91 Å². The lowest BCUT2D eigenvalue weighted by Gasteiger charge is -2.33. The van der Waals surface area contributed by atoms with Crippen molar-refractivity contribution >= 4 is 23.5 Å². The fourth-order valence-corrected chi connectivity index (χ4v) is 3.37. The number of nitrogens with one attached hydrogen (secondary N) is 1. The van der Waals surface area contributed by atoms with Crippen molar-refractivity contribution in [2.75, 3.05) is 12.4 Å². The zero-order chi connectivity index (χ0) is 21.6. The fraction of sp³-hybridized carbons (Fsp3) is 0.429. The first-order valence-electron chi connectivity index (χ1n) is 9.52. The van der Waals surface area contributed by atoms with Crippen molar-refractivity contribution in [1.29, 1.82) is 0 Å². The summed E-state index contributed by atoms with van der Waals surface area (Å²) < 4.78 is 1.73. The molecule has 2 aromatic rings. The van der Waals surface area contributed by atoms with E-state index in [9.17, 15) is 9.59 Å². The molecule has 2 amide bonds. The molecule has 2 heterocycles. The predicted molar refractivity (Wildman–Crippen MR) is 113 cm³/mol. The highest BCUT2D eigenvalue weighted by atomic mass is 16.2. The maximum atomic E-state index is 12.9. The SMILES string of the molecule is Cc1cc(C(=O)Nc2cccc(C3(C)CC(=O)N(C)C(N)=N3)c2)n(C(C)(C)C)n1. The summed E-state index contributed by atoms with van der Waals surface area (Å²) in [5.41, 5.74) is 7.50. The highest BCUT2D eigenvalue weighted by Gasteiger charge is 2.36. The van der Waals surface area contributed by atoms with Crippen LogP contribution in [-0.2, 0) is 15.9 Å². The van der Waals surface area contributed by atoms with Crippen molar-refractivity contribution < 1.29 is 9.59 Å². The molecule has 1 aliphatic heterocycles. The molecule has 154 valence electrons.